The second-order valence-electron chi connectivity index (χ2n) is 4.00. The molecule has 2 aromatic heterocycles. The van der Waals surface area contributed by atoms with Crippen LogP contribution in [-0.4, -0.2) is 9.97 Å². The van der Waals surface area contributed by atoms with Gasteiger partial charge in [-0.2, -0.15) is 13.2 Å². The van der Waals surface area contributed by atoms with Crippen molar-refractivity contribution in [1.82, 2.24) is 9.97 Å². The summed E-state index contributed by atoms with van der Waals surface area (Å²) >= 11 is 1.42. The molecule has 0 saturated heterocycles. The zero-order valence-corrected chi connectivity index (χ0v) is 11.3. The Balaban J connectivity index is 2.18. The number of rotatable bonds is 4. The minimum absolute atomic E-state index is 0.0577. The van der Waals surface area contributed by atoms with Crippen LogP contribution >= 0.6 is 11.3 Å². The van der Waals surface area contributed by atoms with Gasteiger partial charge in [0.2, 0.25) is 0 Å². The van der Waals surface area contributed by atoms with E-state index in [2.05, 4.69) is 20.7 Å². The number of anilines is 2. The average molecular weight is 303 g/mol. The molecular weight excluding hydrogens is 291 g/mol. The Labute approximate surface area is 117 Å². The third-order valence-electron chi connectivity index (χ3n) is 2.39. The Morgan fingerprint density at radius 1 is 1.25 bits per heavy atom. The molecule has 0 radical (unpaired) electrons. The van der Waals surface area contributed by atoms with E-state index in [0.717, 1.165) is 22.8 Å². The molecule has 0 bridgehead atoms. The summed E-state index contributed by atoms with van der Waals surface area (Å²) in [5.41, 5.74) is 2.17. The molecule has 0 fully saturated rings. The Morgan fingerprint density at radius 2 is 1.95 bits per heavy atom. The molecule has 108 valence electrons. The third kappa shape index (κ3) is 3.58. The summed E-state index contributed by atoms with van der Waals surface area (Å²) in [7, 11) is 0. The number of nitrogens with two attached hydrogens (primary N) is 1. The van der Waals surface area contributed by atoms with Crippen LogP contribution in [0.3, 0.4) is 0 Å². The maximum absolute atomic E-state index is 12.7. The van der Waals surface area contributed by atoms with Gasteiger partial charge in [-0.15, -0.1) is 11.3 Å². The van der Waals surface area contributed by atoms with Crippen LogP contribution in [0.2, 0.25) is 0 Å². The number of aromatic nitrogens is 2. The predicted molar refractivity (Wildman–Crippen MR) is 71.2 cm³/mol. The van der Waals surface area contributed by atoms with Crippen molar-refractivity contribution < 1.29 is 13.2 Å². The lowest BCUT2D eigenvalue weighted by atomic mass is 10.2. The summed E-state index contributed by atoms with van der Waals surface area (Å²) in [5.74, 6) is 5.15. The number of thiazole rings is 1. The van der Waals surface area contributed by atoms with Crippen molar-refractivity contribution in [3.8, 4) is 0 Å². The molecule has 5 nitrogen and oxygen atoms in total. The molecule has 2 aromatic rings. The lowest BCUT2D eigenvalue weighted by Gasteiger charge is -2.11. The van der Waals surface area contributed by atoms with Crippen LogP contribution < -0.4 is 16.6 Å². The number of halogens is 3. The molecule has 0 unspecified atom stereocenters. The van der Waals surface area contributed by atoms with Crippen LogP contribution in [0.5, 0.6) is 0 Å². The first kappa shape index (κ1) is 14.5. The summed E-state index contributed by atoms with van der Waals surface area (Å²) in [6.07, 6.45) is -4.46. The molecule has 4 N–H and O–H groups in total. The highest BCUT2D eigenvalue weighted by molar-refractivity contribution is 7.09. The van der Waals surface area contributed by atoms with Gasteiger partial charge in [-0.3, -0.25) is 0 Å². The van der Waals surface area contributed by atoms with Crippen LogP contribution in [-0.2, 0) is 12.7 Å². The third-order valence-corrected chi connectivity index (χ3v) is 3.35. The highest BCUT2D eigenvalue weighted by atomic mass is 32.1. The first-order chi connectivity index (χ1) is 9.38. The van der Waals surface area contributed by atoms with Gasteiger partial charge >= 0.3 is 6.18 Å². The number of nitrogens with zero attached hydrogens (tertiary/aromatic N) is 2. The molecule has 0 aromatic carbocycles. The molecule has 0 saturated carbocycles. The fourth-order valence-corrected chi connectivity index (χ4v) is 2.22. The van der Waals surface area contributed by atoms with Gasteiger partial charge in [0.05, 0.1) is 12.1 Å². The van der Waals surface area contributed by atoms with Crippen LogP contribution in [0.1, 0.15) is 16.3 Å². The molecule has 0 aliphatic heterocycles. The molecule has 0 aliphatic rings. The maximum Gasteiger partial charge on any atom is 0.416 e. The molecular formula is C11H12F3N5S. The van der Waals surface area contributed by atoms with Crippen molar-refractivity contribution in [3.05, 3.63) is 33.8 Å². The number of nitrogen functional groups attached to an aromatic ring is 1. The second kappa shape index (κ2) is 5.63. The van der Waals surface area contributed by atoms with Gasteiger partial charge in [-0.1, -0.05) is 0 Å². The SMILES string of the molecule is Cc1csc(CNc2cc(C(F)(F)F)cc(NN)n2)n1. The highest BCUT2D eigenvalue weighted by Gasteiger charge is 2.31. The molecule has 20 heavy (non-hydrogen) atoms. The smallest absolute Gasteiger partial charge is 0.363 e. The van der Waals surface area contributed by atoms with Crippen molar-refractivity contribution in [3.63, 3.8) is 0 Å². The van der Waals surface area contributed by atoms with E-state index in [9.17, 15) is 13.2 Å². The van der Waals surface area contributed by atoms with Crippen LogP contribution in [0.4, 0.5) is 24.8 Å². The number of aryl methyl sites for hydroxylation is 1. The van der Waals surface area contributed by atoms with Gasteiger partial charge in [0, 0.05) is 11.1 Å². The molecule has 2 heterocycles. The largest absolute Gasteiger partial charge is 0.416 e. The number of hydrazine groups is 1. The van der Waals surface area contributed by atoms with Crippen LogP contribution in [0.25, 0.3) is 0 Å². The number of pyridine rings is 1. The van der Waals surface area contributed by atoms with E-state index in [1.54, 1.807) is 0 Å². The van der Waals surface area contributed by atoms with E-state index in [1.807, 2.05) is 12.3 Å². The first-order valence-electron chi connectivity index (χ1n) is 5.59. The fourth-order valence-electron chi connectivity index (χ4n) is 1.51. The van der Waals surface area contributed by atoms with Crippen molar-refractivity contribution in [1.29, 1.82) is 0 Å². The van der Waals surface area contributed by atoms with Gasteiger partial charge in [-0.05, 0) is 19.1 Å². The topological polar surface area (TPSA) is 75.9 Å². The molecule has 0 atom stereocenters. The standard InChI is InChI=1S/C11H12F3N5S/c1-6-5-20-10(17-6)4-16-8-2-7(11(12,13)14)3-9(18-8)19-15/h2-3,5H,4,15H2,1H3,(H2,16,18,19). The van der Waals surface area contributed by atoms with E-state index in [-0.39, 0.29) is 11.6 Å². The summed E-state index contributed by atoms with van der Waals surface area (Å²) in [5, 5.41) is 5.43. The second-order valence-corrected chi connectivity index (χ2v) is 4.95. The quantitative estimate of drug-likeness (QED) is 0.598. The van der Waals surface area contributed by atoms with Crippen molar-refractivity contribution in [2.45, 2.75) is 19.6 Å². The summed E-state index contributed by atoms with van der Waals surface area (Å²) < 4.78 is 38.1. The van der Waals surface area contributed by atoms with E-state index < -0.39 is 11.7 Å². The summed E-state index contributed by atoms with van der Waals surface area (Å²) in [6.45, 7) is 2.15. The Hall–Kier alpha value is -1.87. The van der Waals surface area contributed by atoms with Crippen LogP contribution in [0, 0.1) is 6.92 Å². The fraction of sp³-hybridized carbons (Fsp3) is 0.273. The molecule has 0 spiro atoms. The van der Waals surface area contributed by atoms with Crippen molar-refractivity contribution in [2.24, 2.45) is 5.84 Å². The van der Waals surface area contributed by atoms with E-state index in [0.29, 0.717) is 6.54 Å². The molecule has 0 aliphatic carbocycles. The number of nitrogens with one attached hydrogen (secondary N) is 2. The number of hydrogen-bond acceptors (Lipinski definition) is 6. The monoisotopic (exact) mass is 303 g/mol. The van der Waals surface area contributed by atoms with Crippen LogP contribution in [0.15, 0.2) is 17.5 Å². The number of alkyl halides is 3. The van der Waals surface area contributed by atoms with Gasteiger partial charge in [0.15, 0.2) is 0 Å². The lowest BCUT2D eigenvalue weighted by molar-refractivity contribution is -0.137. The normalized spacial score (nSPS) is 11.4. The average Bonchev–Trinajstić information content (AvgIpc) is 2.81. The minimum Gasteiger partial charge on any atom is -0.363 e. The van der Waals surface area contributed by atoms with Gasteiger partial charge in [0.1, 0.15) is 16.6 Å². The Kier molecular flexibility index (Phi) is 4.09. The van der Waals surface area contributed by atoms with Crippen molar-refractivity contribution in [2.75, 3.05) is 10.7 Å². The lowest BCUT2D eigenvalue weighted by Crippen LogP contribution is -2.13. The molecule has 0 amide bonds. The Morgan fingerprint density at radius 3 is 2.50 bits per heavy atom. The van der Waals surface area contributed by atoms with Gasteiger partial charge in [0.25, 0.3) is 0 Å². The Bertz CT molecular complexity index is 596. The minimum atomic E-state index is -4.46. The van der Waals surface area contributed by atoms with E-state index >= 15 is 0 Å². The maximum atomic E-state index is 12.7. The highest BCUT2D eigenvalue weighted by Crippen LogP contribution is 2.32. The molecule has 9 heteroatoms. The van der Waals surface area contributed by atoms with Crippen molar-refractivity contribution >= 4 is 23.0 Å². The summed E-state index contributed by atoms with van der Waals surface area (Å²) in [6, 6.07) is 1.78. The zero-order chi connectivity index (χ0) is 14.8. The van der Waals surface area contributed by atoms with Gasteiger partial charge < -0.3 is 10.7 Å². The first-order valence-corrected chi connectivity index (χ1v) is 6.47. The van der Waals surface area contributed by atoms with E-state index in [1.165, 1.54) is 11.3 Å². The van der Waals surface area contributed by atoms with Gasteiger partial charge in [-0.25, -0.2) is 15.8 Å². The summed E-state index contributed by atoms with van der Waals surface area (Å²) in [4.78, 5) is 8.12. The predicted octanol–water partition coefficient (Wildman–Crippen LogP) is 2.76. The van der Waals surface area contributed by atoms with E-state index in [4.69, 9.17) is 5.84 Å². The zero-order valence-electron chi connectivity index (χ0n) is 10.5. The molecule has 2 rings (SSSR count). The number of hydrogen-bond donors (Lipinski definition) is 3.